The van der Waals surface area contributed by atoms with Crippen molar-refractivity contribution in [3.05, 3.63) is 37.0 Å². The molecule has 0 aromatic carbocycles. The quantitative estimate of drug-likeness (QED) is 0.118. The maximum Gasteiger partial charge on any atom is 0.246 e. The average molecular weight is 525 g/mol. The monoisotopic (exact) mass is 524 g/mol. The van der Waals surface area contributed by atoms with Crippen molar-refractivity contribution in [2.75, 3.05) is 65.8 Å². The molecule has 10 heteroatoms. The number of carbonyl (C=O) groups excluding carboxylic acids is 3. The van der Waals surface area contributed by atoms with E-state index in [1.807, 2.05) is 20.8 Å². The minimum atomic E-state index is -0.255. The van der Waals surface area contributed by atoms with Gasteiger partial charge in [-0.25, -0.2) is 0 Å². The van der Waals surface area contributed by atoms with Gasteiger partial charge in [0.2, 0.25) is 17.7 Å². The van der Waals surface area contributed by atoms with Crippen molar-refractivity contribution in [3.63, 3.8) is 0 Å². The minimum absolute atomic E-state index is 0.0172. The first kappa shape index (κ1) is 34.5. The van der Waals surface area contributed by atoms with Gasteiger partial charge in [-0.05, 0) is 45.7 Å². The van der Waals surface area contributed by atoms with E-state index in [0.29, 0.717) is 71.9 Å². The molecule has 0 aromatic rings. The van der Waals surface area contributed by atoms with Gasteiger partial charge in [-0.2, -0.15) is 0 Å². The Balaban J connectivity index is 3.40. The van der Waals surface area contributed by atoms with Crippen molar-refractivity contribution in [1.82, 2.24) is 21.3 Å². The van der Waals surface area contributed by atoms with Crippen molar-refractivity contribution >= 4 is 17.7 Å². The van der Waals surface area contributed by atoms with Crippen LogP contribution in [0.1, 0.15) is 46.5 Å². The molecule has 37 heavy (non-hydrogen) atoms. The number of carbonyl (C=O) groups is 3. The molecule has 0 heterocycles. The number of allylic oxidation sites excluding steroid dienone is 2. The Morgan fingerprint density at radius 3 is 2.11 bits per heavy atom. The Morgan fingerprint density at radius 2 is 1.43 bits per heavy atom. The SMILES string of the molecule is C=C/C=C(\C=C)CNC(=O)COCCNCCCOCCOCCNC(=O)CCCC(=O)NC(C)(C)C. The maximum atomic E-state index is 11.8. The molecule has 0 aliphatic carbocycles. The Labute approximate surface area is 222 Å². The van der Waals surface area contributed by atoms with Crippen molar-refractivity contribution in [2.45, 2.75) is 52.0 Å². The number of hydrogen-bond donors (Lipinski definition) is 4. The van der Waals surface area contributed by atoms with Gasteiger partial charge in [-0.3, -0.25) is 14.4 Å². The summed E-state index contributed by atoms with van der Waals surface area (Å²) in [5.41, 5.74) is 0.629. The Kier molecular flexibility index (Phi) is 21.1. The second kappa shape index (κ2) is 22.7. The van der Waals surface area contributed by atoms with Crippen LogP contribution in [-0.4, -0.2) is 89.1 Å². The largest absolute Gasteiger partial charge is 0.379 e. The first-order chi connectivity index (χ1) is 17.7. The van der Waals surface area contributed by atoms with Crippen LogP contribution in [0, 0.1) is 0 Å². The summed E-state index contributed by atoms with van der Waals surface area (Å²) >= 11 is 0. The van der Waals surface area contributed by atoms with Gasteiger partial charge in [0.25, 0.3) is 0 Å². The highest BCUT2D eigenvalue weighted by Gasteiger charge is 2.13. The van der Waals surface area contributed by atoms with Gasteiger partial charge in [0, 0.05) is 44.6 Å². The molecule has 0 saturated heterocycles. The Hall–Kier alpha value is -2.53. The van der Waals surface area contributed by atoms with Gasteiger partial charge in [-0.15, -0.1) is 0 Å². The van der Waals surface area contributed by atoms with Crippen molar-refractivity contribution < 1.29 is 28.6 Å². The smallest absolute Gasteiger partial charge is 0.246 e. The summed E-state index contributed by atoms with van der Waals surface area (Å²) in [6.07, 6.45) is 7.15. The summed E-state index contributed by atoms with van der Waals surface area (Å²) in [6, 6.07) is 0. The van der Waals surface area contributed by atoms with Crippen molar-refractivity contribution in [2.24, 2.45) is 0 Å². The highest BCUT2D eigenvalue weighted by molar-refractivity contribution is 5.79. The van der Waals surface area contributed by atoms with Crippen LogP contribution in [0.15, 0.2) is 37.0 Å². The Bertz CT molecular complexity index is 704. The number of ether oxygens (including phenoxy) is 3. The van der Waals surface area contributed by atoms with E-state index in [1.54, 1.807) is 18.2 Å². The van der Waals surface area contributed by atoms with Crippen LogP contribution in [0.3, 0.4) is 0 Å². The first-order valence-electron chi connectivity index (χ1n) is 12.9. The molecule has 0 aromatic heterocycles. The molecule has 3 amide bonds. The van der Waals surface area contributed by atoms with Crippen molar-refractivity contribution in [3.8, 4) is 0 Å². The zero-order valence-corrected chi connectivity index (χ0v) is 23.0. The summed E-state index contributed by atoms with van der Waals surface area (Å²) in [5, 5.41) is 11.6. The van der Waals surface area contributed by atoms with Crippen LogP contribution < -0.4 is 21.3 Å². The lowest BCUT2D eigenvalue weighted by molar-refractivity contribution is -0.125. The minimum Gasteiger partial charge on any atom is -0.379 e. The predicted octanol–water partition coefficient (Wildman–Crippen LogP) is 1.63. The second-order valence-corrected chi connectivity index (χ2v) is 9.34. The number of nitrogens with one attached hydrogen (secondary N) is 4. The number of hydrogen-bond acceptors (Lipinski definition) is 7. The summed E-state index contributed by atoms with van der Waals surface area (Å²) in [7, 11) is 0. The van der Waals surface area contributed by atoms with Crippen LogP contribution in [0.4, 0.5) is 0 Å². The molecule has 0 atom stereocenters. The molecule has 0 unspecified atom stereocenters. The third-order valence-electron chi connectivity index (χ3n) is 4.65. The highest BCUT2D eigenvalue weighted by Crippen LogP contribution is 2.02. The van der Waals surface area contributed by atoms with E-state index in [1.165, 1.54) is 0 Å². The summed E-state index contributed by atoms with van der Waals surface area (Å²) in [5.74, 6) is -0.294. The first-order valence-corrected chi connectivity index (χ1v) is 12.9. The fourth-order valence-electron chi connectivity index (χ4n) is 2.90. The fourth-order valence-corrected chi connectivity index (χ4v) is 2.90. The second-order valence-electron chi connectivity index (χ2n) is 9.34. The highest BCUT2D eigenvalue weighted by atomic mass is 16.5. The van der Waals surface area contributed by atoms with Gasteiger partial charge in [0.15, 0.2) is 0 Å². The van der Waals surface area contributed by atoms with E-state index in [0.717, 1.165) is 18.5 Å². The van der Waals surface area contributed by atoms with E-state index in [9.17, 15) is 14.4 Å². The van der Waals surface area contributed by atoms with Crippen LogP contribution in [-0.2, 0) is 28.6 Å². The summed E-state index contributed by atoms with van der Waals surface area (Å²) < 4.78 is 16.3. The summed E-state index contributed by atoms with van der Waals surface area (Å²) in [6.45, 7) is 17.8. The number of rotatable bonds is 23. The Morgan fingerprint density at radius 1 is 0.757 bits per heavy atom. The molecule has 10 nitrogen and oxygen atoms in total. The summed E-state index contributed by atoms with van der Waals surface area (Å²) in [4.78, 5) is 35.2. The topological polar surface area (TPSA) is 127 Å². The molecule has 0 aliphatic rings. The molecule has 0 bridgehead atoms. The standard InChI is InChI=1S/C27H48N4O6/c1-6-10-23(7-2)21-30-26(34)22-37-17-14-28-13-9-16-35-19-20-36-18-15-29-24(32)11-8-12-25(33)31-27(3,4)5/h6-7,10,28H,1-2,8-9,11-22H2,3-5H3,(H,29,32)(H,30,34)(H,31,33)/b23-10+. The zero-order chi connectivity index (χ0) is 27.8. The van der Waals surface area contributed by atoms with E-state index in [4.69, 9.17) is 14.2 Å². The lowest BCUT2D eigenvalue weighted by Crippen LogP contribution is -2.40. The van der Waals surface area contributed by atoms with E-state index >= 15 is 0 Å². The van der Waals surface area contributed by atoms with Gasteiger partial charge < -0.3 is 35.5 Å². The molecule has 0 saturated carbocycles. The van der Waals surface area contributed by atoms with E-state index < -0.39 is 0 Å². The molecule has 0 spiro atoms. The van der Waals surface area contributed by atoms with Gasteiger partial charge >= 0.3 is 0 Å². The maximum absolute atomic E-state index is 11.8. The zero-order valence-electron chi connectivity index (χ0n) is 23.0. The predicted molar refractivity (Wildman–Crippen MR) is 146 cm³/mol. The molecular formula is C27H48N4O6. The van der Waals surface area contributed by atoms with Crippen molar-refractivity contribution in [1.29, 1.82) is 0 Å². The van der Waals surface area contributed by atoms with E-state index in [-0.39, 0.29) is 29.9 Å². The lowest BCUT2D eigenvalue weighted by Gasteiger charge is -2.20. The van der Waals surface area contributed by atoms with Crippen LogP contribution in [0.2, 0.25) is 0 Å². The van der Waals surface area contributed by atoms with Gasteiger partial charge in [-0.1, -0.05) is 31.4 Å². The van der Waals surface area contributed by atoms with Crippen LogP contribution >= 0.6 is 0 Å². The third-order valence-corrected chi connectivity index (χ3v) is 4.65. The average Bonchev–Trinajstić information content (AvgIpc) is 2.83. The molecule has 0 aliphatic heterocycles. The molecule has 0 radical (unpaired) electrons. The van der Waals surface area contributed by atoms with Gasteiger partial charge in [0.05, 0.1) is 26.4 Å². The van der Waals surface area contributed by atoms with E-state index in [2.05, 4.69) is 34.4 Å². The number of amides is 3. The van der Waals surface area contributed by atoms with Crippen LogP contribution in [0.25, 0.3) is 0 Å². The lowest BCUT2D eigenvalue weighted by atomic mass is 10.1. The normalized spacial score (nSPS) is 11.6. The molecular weight excluding hydrogens is 476 g/mol. The molecule has 4 N–H and O–H groups in total. The molecule has 212 valence electrons. The molecule has 0 fully saturated rings. The molecule has 0 rings (SSSR count). The van der Waals surface area contributed by atoms with Gasteiger partial charge in [0.1, 0.15) is 6.61 Å². The third kappa shape index (κ3) is 24.9. The fraction of sp³-hybridized carbons (Fsp3) is 0.667. The van der Waals surface area contributed by atoms with Crippen LogP contribution in [0.5, 0.6) is 0 Å².